The van der Waals surface area contributed by atoms with Gasteiger partial charge < -0.3 is 9.84 Å². The molecule has 0 saturated carbocycles. The number of aromatic hydroxyl groups is 1. The van der Waals surface area contributed by atoms with Crippen molar-refractivity contribution in [3.8, 4) is 5.75 Å². The van der Waals surface area contributed by atoms with Crippen LogP contribution in [0.2, 0.25) is 0 Å². The summed E-state index contributed by atoms with van der Waals surface area (Å²) in [4.78, 5) is 0. The molecule has 1 aromatic carbocycles. The van der Waals surface area contributed by atoms with Gasteiger partial charge in [0.1, 0.15) is 5.75 Å². The lowest BCUT2D eigenvalue weighted by Crippen LogP contribution is -2.45. The summed E-state index contributed by atoms with van der Waals surface area (Å²) in [5.74, 6) is 0.403. The van der Waals surface area contributed by atoms with E-state index in [-0.39, 0.29) is 0 Å². The molecule has 94 valence electrons. The van der Waals surface area contributed by atoms with Crippen LogP contribution in [0.4, 0.5) is 0 Å². The average molecular weight is 236 g/mol. The van der Waals surface area contributed by atoms with Gasteiger partial charge in [-0.1, -0.05) is 12.1 Å². The quantitative estimate of drug-likeness (QED) is 0.831. The number of hydrogen-bond donors (Lipinski definition) is 2. The normalized spacial score (nSPS) is 17.3. The van der Waals surface area contributed by atoms with Crippen LogP contribution in [0.3, 0.4) is 0 Å². The SMILES string of the molecule is Cc1cc(CNN2CCOCC2)cc(C)c1O. The van der Waals surface area contributed by atoms with Crippen molar-refractivity contribution in [1.29, 1.82) is 0 Å². The highest BCUT2D eigenvalue weighted by Crippen LogP contribution is 2.22. The maximum Gasteiger partial charge on any atom is 0.121 e. The molecule has 0 unspecified atom stereocenters. The number of phenolic OH excluding ortho intramolecular Hbond substituents is 1. The Morgan fingerprint density at radius 2 is 1.82 bits per heavy atom. The molecule has 0 atom stereocenters. The maximum absolute atomic E-state index is 9.70. The van der Waals surface area contributed by atoms with Crippen LogP contribution >= 0.6 is 0 Å². The summed E-state index contributed by atoms with van der Waals surface area (Å²) >= 11 is 0. The highest BCUT2D eigenvalue weighted by molar-refractivity contribution is 5.42. The number of nitrogens with zero attached hydrogens (tertiary/aromatic N) is 1. The maximum atomic E-state index is 9.70. The second-order valence-electron chi connectivity index (χ2n) is 4.51. The van der Waals surface area contributed by atoms with Crippen molar-refractivity contribution in [3.05, 3.63) is 28.8 Å². The standard InChI is InChI=1S/C13H20N2O2/c1-10-7-12(8-11(2)13(10)16)9-14-15-3-5-17-6-4-15/h7-8,14,16H,3-6,9H2,1-2H3. The monoisotopic (exact) mass is 236 g/mol. The van der Waals surface area contributed by atoms with Crippen LogP contribution < -0.4 is 5.43 Å². The number of rotatable bonds is 3. The first-order valence-electron chi connectivity index (χ1n) is 6.02. The Hall–Kier alpha value is -1.10. The molecule has 2 rings (SSSR count). The van der Waals surface area contributed by atoms with E-state index in [1.165, 1.54) is 5.56 Å². The number of hydrogen-bond acceptors (Lipinski definition) is 4. The number of phenols is 1. The summed E-state index contributed by atoms with van der Waals surface area (Å²) < 4.78 is 5.29. The number of hydrazine groups is 1. The Morgan fingerprint density at radius 1 is 1.24 bits per heavy atom. The number of morpholine rings is 1. The predicted molar refractivity (Wildman–Crippen MR) is 66.8 cm³/mol. The number of nitrogens with one attached hydrogen (secondary N) is 1. The molecule has 0 radical (unpaired) electrons. The summed E-state index contributed by atoms with van der Waals surface area (Å²) in [6.45, 7) is 8.09. The van der Waals surface area contributed by atoms with Crippen molar-refractivity contribution >= 4 is 0 Å². The van der Waals surface area contributed by atoms with Gasteiger partial charge in [-0.05, 0) is 30.5 Å². The average Bonchev–Trinajstić information content (AvgIpc) is 2.34. The van der Waals surface area contributed by atoms with Crippen molar-refractivity contribution in [2.75, 3.05) is 26.3 Å². The van der Waals surface area contributed by atoms with Gasteiger partial charge in [0.25, 0.3) is 0 Å². The number of aryl methyl sites for hydroxylation is 2. The van der Waals surface area contributed by atoms with Gasteiger partial charge >= 0.3 is 0 Å². The molecule has 2 N–H and O–H groups in total. The Morgan fingerprint density at radius 3 is 2.41 bits per heavy atom. The Balaban J connectivity index is 1.94. The largest absolute Gasteiger partial charge is 0.507 e. The summed E-state index contributed by atoms with van der Waals surface area (Å²) in [5.41, 5.74) is 6.45. The van der Waals surface area contributed by atoms with Crippen LogP contribution in [0.25, 0.3) is 0 Å². The van der Waals surface area contributed by atoms with E-state index < -0.39 is 0 Å². The molecule has 0 bridgehead atoms. The topological polar surface area (TPSA) is 44.7 Å². The molecule has 1 fully saturated rings. The minimum atomic E-state index is 0.403. The third-order valence-electron chi connectivity index (χ3n) is 3.07. The first-order chi connectivity index (χ1) is 8.16. The van der Waals surface area contributed by atoms with Gasteiger partial charge in [-0.25, -0.2) is 5.01 Å². The van der Waals surface area contributed by atoms with Gasteiger partial charge in [-0.15, -0.1) is 0 Å². The summed E-state index contributed by atoms with van der Waals surface area (Å²) in [6, 6.07) is 4.05. The molecule has 4 heteroatoms. The van der Waals surface area contributed by atoms with Crippen LogP contribution in [-0.4, -0.2) is 36.4 Å². The Labute approximate surface area is 102 Å². The van der Waals surface area contributed by atoms with Crippen LogP contribution in [0.5, 0.6) is 5.75 Å². The molecule has 0 aliphatic carbocycles. The van der Waals surface area contributed by atoms with E-state index in [1.807, 2.05) is 26.0 Å². The van der Waals surface area contributed by atoms with Crippen molar-refractivity contribution in [3.63, 3.8) is 0 Å². The first kappa shape index (κ1) is 12.4. The van der Waals surface area contributed by atoms with E-state index in [0.29, 0.717) is 5.75 Å². The van der Waals surface area contributed by atoms with Gasteiger partial charge in [-0.2, -0.15) is 0 Å². The molecule has 17 heavy (non-hydrogen) atoms. The lowest BCUT2D eigenvalue weighted by atomic mass is 10.1. The first-order valence-corrected chi connectivity index (χ1v) is 6.02. The summed E-state index contributed by atoms with van der Waals surface area (Å²) in [5, 5.41) is 11.9. The highest BCUT2D eigenvalue weighted by atomic mass is 16.5. The fraction of sp³-hybridized carbons (Fsp3) is 0.538. The zero-order chi connectivity index (χ0) is 12.3. The molecule has 1 aliphatic rings. The molecule has 1 saturated heterocycles. The van der Waals surface area contributed by atoms with Gasteiger partial charge in [-0.3, -0.25) is 5.43 Å². The minimum absolute atomic E-state index is 0.403. The zero-order valence-corrected chi connectivity index (χ0v) is 10.5. The van der Waals surface area contributed by atoms with Crippen LogP contribution in [0, 0.1) is 13.8 Å². The minimum Gasteiger partial charge on any atom is -0.507 e. The van der Waals surface area contributed by atoms with Crippen LogP contribution in [0.1, 0.15) is 16.7 Å². The third kappa shape index (κ3) is 3.19. The van der Waals surface area contributed by atoms with Crippen molar-refractivity contribution in [2.45, 2.75) is 20.4 Å². The zero-order valence-electron chi connectivity index (χ0n) is 10.5. The molecule has 0 spiro atoms. The van der Waals surface area contributed by atoms with E-state index in [2.05, 4.69) is 10.4 Å². The van der Waals surface area contributed by atoms with Gasteiger partial charge in [0.05, 0.1) is 13.2 Å². The van der Waals surface area contributed by atoms with Gasteiger partial charge in [0, 0.05) is 19.6 Å². The van der Waals surface area contributed by atoms with Crippen molar-refractivity contribution in [1.82, 2.24) is 10.4 Å². The molecular weight excluding hydrogens is 216 g/mol. The van der Waals surface area contributed by atoms with Crippen LogP contribution in [0.15, 0.2) is 12.1 Å². The second kappa shape index (κ2) is 5.49. The fourth-order valence-corrected chi connectivity index (χ4v) is 2.07. The lowest BCUT2D eigenvalue weighted by Gasteiger charge is -2.27. The number of ether oxygens (including phenoxy) is 1. The molecule has 4 nitrogen and oxygen atoms in total. The summed E-state index contributed by atoms with van der Waals surface area (Å²) in [7, 11) is 0. The lowest BCUT2D eigenvalue weighted by molar-refractivity contribution is 0.0105. The molecule has 0 aromatic heterocycles. The van der Waals surface area contributed by atoms with Gasteiger partial charge in [0.15, 0.2) is 0 Å². The smallest absolute Gasteiger partial charge is 0.121 e. The van der Waals surface area contributed by atoms with Gasteiger partial charge in [0.2, 0.25) is 0 Å². The number of benzene rings is 1. The Bertz CT molecular complexity index is 364. The van der Waals surface area contributed by atoms with E-state index >= 15 is 0 Å². The van der Waals surface area contributed by atoms with E-state index in [9.17, 15) is 5.11 Å². The molecule has 1 aliphatic heterocycles. The second-order valence-corrected chi connectivity index (χ2v) is 4.51. The van der Waals surface area contributed by atoms with Crippen molar-refractivity contribution in [2.24, 2.45) is 0 Å². The fourth-order valence-electron chi connectivity index (χ4n) is 2.07. The molecule has 1 aromatic rings. The van der Waals surface area contributed by atoms with E-state index in [4.69, 9.17) is 4.74 Å². The highest BCUT2D eigenvalue weighted by Gasteiger charge is 2.10. The predicted octanol–water partition coefficient (Wildman–Crippen LogP) is 1.35. The van der Waals surface area contributed by atoms with Crippen molar-refractivity contribution < 1.29 is 9.84 Å². The van der Waals surface area contributed by atoms with E-state index in [0.717, 1.165) is 44.0 Å². The molecular formula is C13H20N2O2. The van der Waals surface area contributed by atoms with E-state index in [1.54, 1.807) is 0 Å². The molecule has 0 amide bonds. The van der Waals surface area contributed by atoms with Crippen LogP contribution in [-0.2, 0) is 11.3 Å². The molecule has 1 heterocycles. The third-order valence-corrected chi connectivity index (χ3v) is 3.07. The Kier molecular flexibility index (Phi) is 3.99. The summed E-state index contributed by atoms with van der Waals surface area (Å²) in [6.07, 6.45) is 0.